The summed E-state index contributed by atoms with van der Waals surface area (Å²) >= 11 is 0. The van der Waals surface area contributed by atoms with Gasteiger partial charge in [0.05, 0.1) is 0 Å². The van der Waals surface area contributed by atoms with Crippen molar-refractivity contribution in [2.24, 2.45) is 5.92 Å². The van der Waals surface area contributed by atoms with Gasteiger partial charge in [0, 0.05) is 18.0 Å². The van der Waals surface area contributed by atoms with Gasteiger partial charge in [-0.2, -0.15) is 0 Å². The third-order valence-corrected chi connectivity index (χ3v) is 3.46. The zero-order valence-electron chi connectivity index (χ0n) is 11.3. The molecule has 1 aromatic rings. The van der Waals surface area contributed by atoms with Gasteiger partial charge in [0.25, 0.3) is 0 Å². The maximum atomic E-state index is 12.1. The second kappa shape index (κ2) is 6.89. The summed E-state index contributed by atoms with van der Waals surface area (Å²) in [6.45, 7) is 0. The molecule has 0 bridgehead atoms. The average molecular weight is 273 g/mol. The van der Waals surface area contributed by atoms with Gasteiger partial charge in [0.2, 0.25) is 5.91 Å². The van der Waals surface area contributed by atoms with Crippen LogP contribution in [-0.4, -0.2) is 17.0 Å². The van der Waals surface area contributed by atoms with Crippen LogP contribution in [-0.2, 0) is 16.0 Å². The van der Waals surface area contributed by atoms with Gasteiger partial charge in [0.1, 0.15) is 0 Å². The number of benzene rings is 1. The van der Waals surface area contributed by atoms with Crippen molar-refractivity contribution in [2.75, 3.05) is 5.32 Å². The number of nitrogens with one attached hydrogen (secondary N) is 1. The molecule has 0 aliphatic heterocycles. The van der Waals surface area contributed by atoms with Crippen molar-refractivity contribution in [3.8, 4) is 0 Å². The Morgan fingerprint density at radius 3 is 2.85 bits per heavy atom. The van der Waals surface area contributed by atoms with Gasteiger partial charge in [0.15, 0.2) is 0 Å². The number of rotatable bonds is 5. The molecule has 2 rings (SSSR count). The van der Waals surface area contributed by atoms with Gasteiger partial charge in [-0.05, 0) is 43.4 Å². The molecule has 4 nitrogen and oxygen atoms in total. The summed E-state index contributed by atoms with van der Waals surface area (Å²) in [5.41, 5.74) is 1.67. The molecular weight excluding hydrogens is 254 g/mol. The van der Waals surface area contributed by atoms with Gasteiger partial charge in [-0.25, -0.2) is 0 Å². The molecule has 0 radical (unpaired) electrons. The van der Waals surface area contributed by atoms with Crippen LogP contribution in [0.3, 0.4) is 0 Å². The quantitative estimate of drug-likeness (QED) is 0.810. The predicted octanol–water partition coefficient (Wildman–Crippen LogP) is 3.00. The average Bonchev–Trinajstić information content (AvgIpc) is 2.46. The molecule has 1 aliphatic carbocycles. The van der Waals surface area contributed by atoms with Crippen molar-refractivity contribution in [1.82, 2.24) is 0 Å². The molecule has 1 amide bonds. The third kappa shape index (κ3) is 4.23. The van der Waals surface area contributed by atoms with Crippen LogP contribution in [0, 0.1) is 5.92 Å². The second-order valence-corrected chi connectivity index (χ2v) is 5.06. The lowest BCUT2D eigenvalue weighted by Gasteiger charge is -2.17. The Balaban J connectivity index is 1.94. The van der Waals surface area contributed by atoms with E-state index < -0.39 is 5.97 Å². The minimum Gasteiger partial charge on any atom is -0.481 e. The van der Waals surface area contributed by atoms with E-state index in [0.717, 1.165) is 30.5 Å². The second-order valence-electron chi connectivity index (χ2n) is 5.06. The van der Waals surface area contributed by atoms with Crippen LogP contribution >= 0.6 is 0 Å². The Bertz CT molecular complexity index is 522. The number of hydrogen-bond donors (Lipinski definition) is 2. The summed E-state index contributed by atoms with van der Waals surface area (Å²) in [7, 11) is 0. The molecule has 0 heterocycles. The fourth-order valence-corrected chi connectivity index (χ4v) is 2.33. The lowest BCUT2D eigenvalue weighted by molar-refractivity contribution is -0.137. The van der Waals surface area contributed by atoms with Crippen molar-refractivity contribution < 1.29 is 14.7 Å². The molecule has 0 fully saturated rings. The summed E-state index contributed by atoms with van der Waals surface area (Å²) in [5.74, 6) is -0.721. The van der Waals surface area contributed by atoms with Crippen molar-refractivity contribution in [2.45, 2.75) is 32.1 Å². The first-order valence-corrected chi connectivity index (χ1v) is 6.92. The summed E-state index contributed by atoms with van der Waals surface area (Å²) in [4.78, 5) is 22.7. The Morgan fingerprint density at radius 2 is 2.15 bits per heavy atom. The molecule has 0 spiro atoms. The fraction of sp³-hybridized carbons (Fsp3) is 0.375. The maximum Gasteiger partial charge on any atom is 0.303 e. The smallest absolute Gasteiger partial charge is 0.303 e. The van der Waals surface area contributed by atoms with Gasteiger partial charge < -0.3 is 10.4 Å². The Hall–Kier alpha value is -2.10. The number of aryl methyl sites for hydroxylation is 1. The first kappa shape index (κ1) is 14.3. The van der Waals surface area contributed by atoms with Crippen molar-refractivity contribution in [1.29, 1.82) is 0 Å². The van der Waals surface area contributed by atoms with Gasteiger partial charge in [-0.15, -0.1) is 0 Å². The third-order valence-electron chi connectivity index (χ3n) is 3.46. The summed E-state index contributed by atoms with van der Waals surface area (Å²) in [6, 6.07) is 7.40. The topological polar surface area (TPSA) is 66.4 Å². The first-order chi connectivity index (χ1) is 9.65. The minimum atomic E-state index is -0.812. The van der Waals surface area contributed by atoms with E-state index in [0.29, 0.717) is 6.42 Å². The molecule has 4 heteroatoms. The molecule has 20 heavy (non-hydrogen) atoms. The molecule has 1 aromatic carbocycles. The van der Waals surface area contributed by atoms with Crippen molar-refractivity contribution in [3.05, 3.63) is 42.0 Å². The number of carboxylic acid groups (broad SMARTS) is 1. The van der Waals surface area contributed by atoms with E-state index in [-0.39, 0.29) is 18.2 Å². The van der Waals surface area contributed by atoms with Crippen LogP contribution in [0.4, 0.5) is 5.69 Å². The molecular formula is C16H19NO3. The van der Waals surface area contributed by atoms with E-state index >= 15 is 0 Å². The minimum absolute atomic E-state index is 0.0441. The SMILES string of the molecule is O=C(O)CCc1cccc(NC(=O)C2CC=CCC2)c1. The van der Waals surface area contributed by atoms with E-state index in [1.54, 1.807) is 0 Å². The number of aliphatic carboxylic acids is 1. The largest absolute Gasteiger partial charge is 0.481 e. The van der Waals surface area contributed by atoms with Gasteiger partial charge in [-0.1, -0.05) is 24.3 Å². The number of carboxylic acids is 1. The number of allylic oxidation sites excluding steroid dienone is 2. The van der Waals surface area contributed by atoms with E-state index in [4.69, 9.17) is 5.11 Å². The van der Waals surface area contributed by atoms with E-state index in [1.807, 2.05) is 24.3 Å². The monoisotopic (exact) mass is 273 g/mol. The number of anilines is 1. The summed E-state index contributed by atoms with van der Waals surface area (Å²) in [6.07, 6.45) is 7.38. The number of carbonyl (C=O) groups excluding carboxylic acids is 1. The molecule has 2 N–H and O–H groups in total. The van der Waals surface area contributed by atoms with Crippen molar-refractivity contribution >= 4 is 17.6 Å². The van der Waals surface area contributed by atoms with E-state index in [1.165, 1.54) is 0 Å². The fourth-order valence-electron chi connectivity index (χ4n) is 2.33. The predicted molar refractivity (Wildman–Crippen MR) is 77.5 cm³/mol. The molecule has 0 aromatic heterocycles. The highest BCUT2D eigenvalue weighted by molar-refractivity contribution is 5.92. The highest BCUT2D eigenvalue weighted by atomic mass is 16.4. The lowest BCUT2D eigenvalue weighted by atomic mass is 9.93. The standard InChI is InChI=1S/C16H19NO3/c18-15(19)10-9-12-5-4-8-14(11-12)17-16(20)13-6-2-1-3-7-13/h1-2,4-5,8,11,13H,3,6-7,9-10H2,(H,17,20)(H,18,19). The molecule has 1 atom stereocenters. The zero-order chi connectivity index (χ0) is 14.4. The van der Waals surface area contributed by atoms with Crippen LogP contribution in [0.1, 0.15) is 31.2 Å². The van der Waals surface area contributed by atoms with Crippen LogP contribution in [0.25, 0.3) is 0 Å². The zero-order valence-corrected chi connectivity index (χ0v) is 11.3. The van der Waals surface area contributed by atoms with Crippen LogP contribution in [0.15, 0.2) is 36.4 Å². The Morgan fingerprint density at radius 1 is 1.30 bits per heavy atom. The summed E-state index contributed by atoms with van der Waals surface area (Å²) in [5, 5.41) is 11.6. The van der Waals surface area contributed by atoms with Gasteiger partial charge in [-0.3, -0.25) is 9.59 Å². The highest BCUT2D eigenvalue weighted by Gasteiger charge is 2.18. The van der Waals surface area contributed by atoms with E-state index in [2.05, 4.69) is 17.5 Å². The van der Waals surface area contributed by atoms with E-state index in [9.17, 15) is 9.59 Å². The summed E-state index contributed by atoms with van der Waals surface area (Å²) < 4.78 is 0. The first-order valence-electron chi connectivity index (χ1n) is 6.92. The van der Waals surface area contributed by atoms with Gasteiger partial charge >= 0.3 is 5.97 Å². The molecule has 0 saturated heterocycles. The van der Waals surface area contributed by atoms with Crippen LogP contribution in [0.5, 0.6) is 0 Å². The highest BCUT2D eigenvalue weighted by Crippen LogP contribution is 2.21. The molecule has 0 saturated carbocycles. The Kier molecular flexibility index (Phi) is 4.93. The number of carbonyl (C=O) groups is 2. The lowest BCUT2D eigenvalue weighted by Crippen LogP contribution is -2.23. The number of hydrogen-bond acceptors (Lipinski definition) is 2. The number of amides is 1. The normalized spacial score (nSPS) is 17.7. The molecule has 1 unspecified atom stereocenters. The molecule has 106 valence electrons. The Labute approximate surface area is 118 Å². The van der Waals surface area contributed by atoms with Crippen molar-refractivity contribution in [3.63, 3.8) is 0 Å². The van der Waals surface area contributed by atoms with Crippen LogP contribution < -0.4 is 5.32 Å². The van der Waals surface area contributed by atoms with Crippen LogP contribution in [0.2, 0.25) is 0 Å². The molecule has 1 aliphatic rings. The maximum absolute atomic E-state index is 12.1.